The normalized spacial score (nSPS) is 21.2. The standard InChI is InChI=1S/C11H15NS/c13-8-6-11-10-4-2-1-3-9(10)5-7-12-11/h1-4,11-13H,5-8H2. The van der Waals surface area contributed by atoms with Crippen LogP contribution in [0, 0.1) is 0 Å². The first-order chi connectivity index (χ1) is 6.42. The summed E-state index contributed by atoms with van der Waals surface area (Å²) in [4.78, 5) is 0. The zero-order valence-electron chi connectivity index (χ0n) is 7.66. The molecule has 1 nitrogen and oxygen atoms in total. The molecule has 0 spiro atoms. The first kappa shape index (κ1) is 9.10. The first-order valence-electron chi connectivity index (χ1n) is 4.84. The third-order valence-electron chi connectivity index (χ3n) is 2.63. The van der Waals surface area contributed by atoms with E-state index in [1.54, 1.807) is 0 Å². The van der Waals surface area contributed by atoms with Crippen LogP contribution in [0.4, 0.5) is 0 Å². The van der Waals surface area contributed by atoms with E-state index in [0.717, 1.165) is 18.7 Å². The van der Waals surface area contributed by atoms with Crippen LogP contribution in [0.5, 0.6) is 0 Å². The van der Waals surface area contributed by atoms with E-state index in [0.29, 0.717) is 6.04 Å². The van der Waals surface area contributed by atoms with Gasteiger partial charge in [0.15, 0.2) is 0 Å². The van der Waals surface area contributed by atoms with Gasteiger partial charge in [-0.1, -0.05) is 24.3 Å². The van der Waals surface area contributed by atoms with E-state index in [9.17, 15) is 0 Å². The molecule has 1 aliphatic rings. The van der Waals surface area contributed by atoms with Crippen LogP contribution in [0.15, 0.2) is 24.3 Å². The van der Waals surface area contributed by atoms with Crippen molar-refractivity contribution in [2.45, 2.75) is 18.9 Å². The van der Waals surface area contributed by atoms with Crippen molar-refractivity contribution >= 4 is 12.6 Å². The summed E-state index contributed by atoms with van der Waals surface area (Å²) in [6.07, 6.45) is 2.29. The van der Waals surface area contributed by atoms with Crippen molar-refractivity contribution in [1.82, 2.24) is 5.32 Å². The minimum atomic E-state index is 0.530. The molecular formula is C11H15NS. The van der Waals surface area contributed by atoms with Crippen molar-refractivity contribution < 1.29 is 0 Å². The molecule has 0 saturated heterocycles. The van der Waals surface area contributed by atoms with Gasteiger partial charge in [0.25, 0.3) is 0 Å². The zero-order chi connectivity index (χ0) is 9.10. The summed E-state index contributed by atoms with van der Waals surface area (Å²) in [5, 5.41) is 3.53. The number of benzene rings is 1. The second kappa shape index (κ2) is 4.16. The molecule has 1 N–H and O–H groups in total. The van der Waals surface area contributed by atoms with Crippen LogP contribution in [-0.2, 0) is 6.42 Å². The molecule has 1 atom stereocenters. The molecule has 2 heteroatoms. The summed E-state index contributed by atoms with van der Waals surface area (Å²) in [5.74, 6) is 0.950. The van der Waals surface area contributed by atoms with E-state index in [1.807, 2.05) is 0 Å². The fourth-order valence-corrected chi connectivity index (χ4v) is 2.24. The lowest BCUT2D eigenvalue weighted by Gasteiger charge is -2.26. The maximum atomic E-state index is 4.28. The highest BCUT2D eigenvalue weighted by molar-refractivity contribution is 7.80. The van der Waals surface area contributed by atoms with Crippen LogP contribution < -0.4 is 5.32 Å². The number of nitrogens with one attached hydrogen (secondary N) is 1. The second-order valence-corrected chi connectivity index (χ2v) is 3.92. The Morgan fingerprint density at radius 1 is 1.38 bits per heavy atom. The molecule has 1 unspecified atom stereocenters. The van der Waals surface area contributed by atoms with E-state index in [2.05, 4.69) is 42.2 Å². The van der Waals surface area contributed by atoms with E-state index in [1.165, 1.54) is 17.5 Å². The van der Waals surface area contributed by atoms with Crippen molar-refractivity contribution in [2.75, 3.05) is 12.3 Å². The van der Waals surface area contributed by atoms with Gasteiger partial charge in [0.05, 0.1) is 0 Å². The summed E-state index contributed by atoms with van der Waals surface area (Å²) in [5.41, 5.74) is 2.98. The van der Waals surface area contributed by atoms with E-state index < -0.39 is 0 Å². The predicted molar refractivity (Wildman–Crippen MR) is 59.4 cm³/mol. The average molecular weight is 193 g/mol. The number of hydrogen-bond acceptors (Lipinski definition) is 2. The first-order valence-corrected chi connectivity index (χ1v) is 5.47. The van der Waals surface area contributed by atoms with Crippen LogP contribution >= 0.6 is 12.6 Å². The summed E-state index contributed by atoms with van der Waals surface area (Å²) in [6, 6.07) is 9.25. The van der Waals surface area contributed by atoms with Gasteiger partial charge in [-0.05, 0) is 36.3 Å². The number of hydrogen-bond donors (Lipinski definition) is 2. The van der Waals surface area contributed by atoms with Gasteiger partial charge in [-0.15, -0.1) is 0 Å². The summed E-state index contributed by atoms with van der Waals surface area (Å²) < 4.78 is 0. The van der Waals surface area contributed by atoms with Crippen molar-refractivity contribution in [3.63, 3.8) is 0 Å². The molecule has 0 radical (unpaired) electrons. The van der Waals surface area contributed by atoms with Gasteiger partial charge in [0.1, 0.15) is 0 Å². The third-order valence-corrected chi connectivity index (χ3v) is 2.89. The maximum absolute atomic E-state index is 4.28. The lowest BCUT2D eigenvalue weighted by atomic mass is 9.93. The molecule has 70 valence electrons. The molecule has 1 aliphatic heterocycles. The quantitative estimate of drug-likeness (QED) is 0.686. The van der Waals surface area contributed by atoms with Gasteiger partial charge in [-0.25, -0.2) is 0 Å². The van der Waals surface area contributed by atoms with Gasteiger partial charge in [-0.3, -0.25) is 0 Å². The lowest BCUT2D eigenvalue weighted by Crippen LogP contribution is -2.29. The fourth-order valence-electron chi connectivity index (χ4n) is 1.98. The van der Waals surface area contributed by atoms with Crippen LogP contribution in [0.3, 0.4) is 0 Å². The van der Waals surface area contributed by atoms with E-state index >= 15 is 0 Å². The Bertz CT molecular complexity index is 285. The Morgan fingerprint density at radius 3 is 3.08 bits per heavy atom. The minimum Gasteiger partial charge on any atom is -0.310 e. The van der Waals surface area contributed by atoms with Crippen molar-refractivity contribution in [3.05, 3.63) is 35.4 Å². The van der Waals surface area contributed by atoms with Gasteiger partial charge >= 0.3 is 0 Å². The highest BCUT2D eigenvalue weighted by Crippen LogP contribution is 2.24. The number of thiol groups is 1. The Morgan fingerprint density at radius 2 is 2.23 bits per heavy atom. The van der Waals surface area contributed by atoms with Crippen LogP contribution in [0.25, 0.3) is 0 Å². The van der Waals surface area contributed by atoms with Gasteiger partial charge < -0.3 is 5.32 Å². The lowest BCUT2D eigenvalue weighted by molar-refractivity contribution is 0.496. The van der Waals surface area contributed by atoms with Crippen LogP contribution in [0.1, 0.15) is 23.6 Å². The molecule has 0 amide bonds. The van der Waals surface area contributed by atoms with Crippen molar-refractivity contribution in [3.8, 4) is 0 Å². The summed E-state index contributed by atoms with van der Waals surface area (Å²) in [7, 11) is 0. The summed E-state index contributed by atoms with van der Waals surface area (Å²) >= 11 is 4.28. The highest BCUT2D eigenvalue weighted by Gasteiger charge is 2.17. The predicted octanol–water partition coefficient (Wildman–Crippen LogP) is 2.19. The Kier molecular flexibility index (Phi) is 2.91. The molecule has 0 bridgehead atoms. The topological polar surface area (TPSA) is 12.0 Å². The van der Waals surface area contributed by atoms with Crippen molar-refractivity contribution in [1.29, 1.82) is 0 Å². The van der Waals surface area contributed by atoms with Gasteiger partial charge in [-0.2, -0.15) is 12.6 Å². The average Bonchev–Trinajstić information content (AvgIpc) is 2.19. The minimum absolute atomic E-state index is 0.530. The molecule has 0 fully saturated rings. The summed E-state index contributed by atoms with van der Waals surface area (Å²) in [6.45, 7) is 1.11. The monoisotopic (exact) mass is 193 g/mol. The second-order valence-electron chi connectivity index (χ2n) is 3.47. The fraction of sp³-hybridized carbons (Fsp3) is 0.455. The zero-order valence-corrected chi connectivity index (χ0v) is 8.56. The molecule has 0 saturated carbocycles. The Labute approximate surface area is 85.0 Å². The molecule has 0 aliphatic carbocycles. The molecule has 0 aromatic heterocycles. The Balaban J connectivity index is 2.26. The molecule has 1 heterocycles. The van der Waals surface area contributed by atoms with Crippen LogP contribution in [0.2, 0.25) is 0 Å². The number of fused-ring (bicyclic) bond motifs is 1. The third kappa shape index (κ3) is 1.89. The van der Waals surface area contributed by atoms with Gasteiger partial charge in [0.2, 0.25) is 0 Å². The molecule has 1 aromatic rings. The largest absolute Gasteiger partial charge is 0.310 e. The smallest absolute Gasteiger partial charge is 0.0330 e. The Hall–Kier alpha value is -0.470. The van der Waals surface area contributed by atoms with Crippen molar-refractivity contribution in [2.24, 2.45) is 0 Å². The van der Waals surface area contributed by atoms with E-state index in [4.69, 9.17) is 0 Å². The molecule has 1 aromatic carbocycles. The maximum Gasteiger partial charge on any atom is 0.0330 e. The van der Waals surface area contributed by atoms with E-state index in [-0.39, 0.29) is 0 Å². The van der Waals surface area contributed by atoms with Crippen LogP contribution in [-0.4, -0.2) is 12.3 Å². The van der Waals surface area contributed by atoms with Gasteiger partial charge in [0, 0.05) is 6.04 Å². The highest BCUT2D eigenvalue weighted by atomic mass is 32.1. The molecular weight excluding hydrogens is 178 g/mol. The molecule has 13 heavy (non-hydrogen) atoms. The molecule has 2 rings (SSSR count). The number of rotatable bonds is 2. The SMILES string of the molecule is SCCC1NCCc2ccccc21.